The summed E-state index contributed by atoms with van der Waals surface area (Å²) in [5.41, 5.74) is 1.21. The molecule has 1 aliphatic rings. The molecular formula is C19H37IN6. The predicted octanol–water partition coefficient (Wildman–Crippen LogP) is 2.97. The van der Waals surface area contributed by atoms with Gasteiger partial charge in [-0.15, -0.1) is 24.0 Å². The van der Waals surface area contributed by atoms with Crippen LogP contribution in [-0.2, 0) is 7.05 Å². The van der Waals surface area contributed by atoms with E-state index in [4.69, 9.17) is 4.99 Å². The highest BCUT2D eigenvalue weighted by Gasteiger charge is 2.25. The second kappa shape index (κ2) is 11.1. The summed E-state index contributed by atoms with van der Waals surface area (Å²) in [4.78, 5) is 9.62. The third kappa shape index (κ3) is 6.72. The van der Waals surface area contributed by atoms with Gasteiger partial charge in [0.15, 0.2) is 5.96 Å². The maximum absolute atomic E-state index is 4.97. The van der Waals surface area contributed by atoms with E-state index in [1.165, 1.54) is 18.4 Å². The van der Waals surface area contributed by atoms with E-state index in [2.05, 4.69) is 61.3 Å². The number of likely N-dealkylation sites (N-methyl/N-ethyl adjacent to an activating group) is 1. The lowest BCUT2D eigenvalue weighted by atomic mass is 9.97. The number of nitrogens with zero attached hydrogens (tertiary/aromatic N) is 5. The number of rotatable bonds is 7. The van der Waals surface area contributed by atoms with Crippen molar-refractivity contribution in [2.45, 2.75) is 39.7 Å². The minimum absolute atomic E-state index is 0. The van der Waals surface area contributed by atoms with Crippen molar-refractivity contribution >= 4 is 29.9 Å². The van der Waals surface area contributed by atoms with E-state index in [0.717, 1.165) is 44.0 Å². The zero-order valence-electron chi connectivity index (χ0n) is 17.3. The summed E-state index contributed by atoms with van der Waals surface area (Å²) in [6.07, 6.45) is 6.62. The molecule has 150 valence electrons. The molecular weight excluding hydrogens is 439 g/mol. The Morgan fingerprint density at radius 2 is 2.15 bits per heavy atom. The first-order chi connectivity index (χ1) is 11.9. The van der Waals surface area contributed by atoms with Crippen LogP contribution in [0.15, 0.2) is 17.4 Å². The third-order valence-electron chi connectivity index (χ3n) is 4.87. The Hall–Kier alpha value is -0.830. The number of guanidine groups is 1. The average molecular weight is 476 g/mol. The molecule has 0 aliphatic carbocycles. The largest absolute Gasteiger partial charge is 0.357 e. The first-order valence-electron chi connectivity index (χ1n) is 9.58. The zero-order chi connectivity index (χ0) is 18.4. The average Bonchev–Trinajstić information content (AvgIpc) is 3.15. The molecule has 2 atom stereocenters. The second-order valence-corrected chi connectivity index (χ2v) is 7.85. The monoisotopic (exact) mass is 476 g/mol. The van der Waals surface area contributed by atoms with Crippen LogP contribution in [0, 0.1) is 11.8 Å². The van der Waals surface area contributed by atoms with Gasteiger partial charge in [-0.05, 0) is 45.7 Å². The van der Waals surface area contributed by atoms with E-state index in [1.54, 1.807) is 0 Å². The molecule has 0 aromatic carbocycles. The van der Waals surface area contributed by atoms with Crippen LogP contribution < -0.4 is 5.32 Å². The quantitative estimate of drug-likeness (QED) is 0.374. The summed E-state index contributed by atoms with van der Waals surface area (Å²) < 4.78 is 1.86. The molecule has 6 nitrogen and oxygen atoms in total. The summed E-state index contributed by atoms with van der Waals surface area (Å²) in [5, 5.41) is 7.80. The van der Waals surface area contributed by atoms with Gasteiger partial charge in [-0.1, -0.05) is 13.8 Å². The summed E-state index contributed by atoms with van der Waals surface area (Å²) in [5.74, 6) is 2.63. The molecule has 0 radical (unpaired) electrons. The molecule has 26 heavy (non-hydrogen) atoms. The summed E-state index contributed by atoms with van der Waals surface area (Å²) in [6.45, 7) is 10.7. The highest BCUT2D eigenvalue weighted by molar-refractivity contribution is 14.0. The minimum Gasteiger partial charge on any atom is -0.357 e. The van der Waals surface area contributed by atoms with E-state index in [9.17, 15) is 0 Å². The fourth-order valence-electron chi connectivity index (χ4n) is 3.66. The summed E-state index contributed by atoms with van der Waals surface area (Å²) in [7, 11) is 6.17. The number of halogens is 1. The number of aliphatic imine (C=N–C) groups is 1. The number of likely N-dealkylation sites (tertiary alicyclic amines) is 1. The van der Waals surface area contributed by atoms with Crippen molar-refractivity contribution in [2.75, 3.05) is 40.3 Å². The van der Waals surface area contributed by atoms with Crippen molar-refractivity contribution in [3.05, 3.63) is 18.0 Å². The van der Waals surface area contributed by atoms with Gasteiger partial charge in [0, 0.05) is 38.4 Å². The highest BCUT2D eigenvalue weighted by Crippen LogP contribution is 2.24. The Morgan fingerprint density at radius 1 is 1.42 bits per heavy atom. The van der Waals surface area contributed by atoms with Crippen molar-refractivity contribution in [1.29, 1.82) is 0 Å². The Balaban J connectivity index is 0.00000338. The van der Waals surface area contributed by atoms with E-state index < -0.39 is 0 Å². The van der Waals surface area contributed by atoms with E-state index in [0.29, 0.717) is 0 Å². The van der Waals surface area contributed by atoms with Gasteiger partial charge in [-0.3, -0.25) is 9.67 Å². The van der Waals surface area contributed by atoms with Crippen molar-refractivity contribution in [3.8, 4) is 0 Å². The molecule has 0 bridgehead atoms. The maximum Gasteiger partial charge on any atom is 0.193 e. The number of aromatic nitrogens is 2. The van der Waals surface area contributed by atoms with Gasteiger partial charge in [-0.2, -0.15) is 5.10 Å². The van der Waals surface area contributed by atoms with Crippen LogP contribution in [0.5, 0.6) is 0 Å². The lowest BCUT2D eigenvalue weighted by molar-refractivity contribution is 0.305. The fourth-order valence-corrected chi connectivity index (χ4v) is 3.66. The predicted molar refractivity (Wildman–Crippen MR) is 120 cm³/mol. The van der Waals surface area contributed by atoms with Crippen LogP contribution in [-0.4, -0.2) is 65.8 Å². The van der Waals surface area contributed by atoms with Gasteiger partial charge in [0.05, 0.1) is 18.8 Å². The lowest BCUT2D eigenvalue weighted by Gasteiger charge is -2.25. The molecule has 1 aromatic heterocycles. The number of nitrogens with one attached hydrogen (secondary N) is 1. The lowest BCUT2D eigenvalue weighted by Crippen LogP contribution is -2.40. The van der Waals surface area contributed by atoms with Crippen molar-refractivity contribution < 1.29 is 0 Å². The summed E-state index contributed by atoms with van der Waals surface area (Å²) >= 11 is 0. The molecule has 1 aromatic rings. The van der Waals surface area contributed by atoms with Gasteiger partial charge in [0.1, 0.15) is 0 Å². The van der Waals surface area contributed by atoms with Crippen LogP contribution in [0.4, 0.5) is 0 Å². The zero-order valence-corrected chi connectivity index (χ0v) is 19.6. The Bertz CT molecular complexity index is 554. The minimum atomic E-state index is 0. The number of hydrogen-bond donors (Lipinski definition) is 1. The van der Waals surface area contributed by atoms with Crippen LogP contribution in [0.3, 0.4) is 0 Å². The first-order valence-corrected chi connectivity index (χ1v) is 9.58. The Kier molecular flexibility index (Phi) is 9.92. The molecule has 0 saturated carbocycles. The van der Waals surface area contributed by atoms with Crippen molar-refractivity contribution in [3.63, 3.8) is 0 Å². The molecule has 0 amide bonds. The van der Waals surface area contributed by atoms with E-state index >= 15 is 0 Å². The standard InChI is InChI=1S/C19H36N6.HI/c1-7-20-19(25-9-8-16(13-25)10-15(2)3)21-12-18(23(4)5)17-11-22-24(6)14-17;/h11,14-16,18H,7-10,12-13H2,1-6H3,(H,20,21);1H. The van der Waals surface area contributed by atoms with Crippen LogP contribution in [0.25, 0.3) is 0 Å². The van der Waals surface area contributed by atoms with Gasteiger partial charge in [0.2, 0.25) is 0 Å². The van der Waals surface area contributed by atoms with E-state index in [-0.39, 0.29) is 30.0 Å². The molecule has 7 heteroatoms. The molecule has 2 heterocycles. The number of hydrogen-bond acceptors (Lipinski definition) is 3. The van der Waals surface area contributed by atoms with E-state index in [1.807, 2.05) is 17.9 Å². The summed E-state index contributed by atoms with van der Waals surface area (Å²) in [6, 6.07) is 0.247. The molecule has 1 saturated heterocycles. The van der Waals surface area contributed by atoms with Crippen LogP contribution in [0.2, 0.25) is 0 Å². The fraction of sp³-hybridized carbons (Fsp3) is 0.789. The van der Waals surface area contributed by atoms with Gasteiger partial charge >= 0.3 is 0 Å². The van der Waals surface area contributed by atoms with Gasteiger partial charge in [0.25, 0.3) is 0 Å². The maximum atomic E-state index is 4.97. The molecule has 1 N–H and O–H groups in total. The Labute approximate surface area is 176 Å². The normalized spacial score (nSPS) is 19.2. The molecule has 1 aliphatic heterocycles. The first kappa shape index (κ1) is 23.2. The third-order valence-corrected chi connectivity index (χ3v) is 4.87. The van der Waals surface area contributed by atoms with Crippen LogP contribution >= 0.6 is 24.0 Å². The molecule has 0 spiro atoms. The number of aryl methyl sites for hydroxylation is 1. The SMILES string of the molecule is CCNC(=NCC(c1cnn(C)c1)N(C)C)N1CCC(CC(C)C)C1.I. The van der Waals surface area contributed by atoms with Gasteiger partial charge in [-0.25, -0.2) is 0 Å². The second-order valence-electron chi connectivity index (χ2n) is 7.85. The topological polar surface area (TPSA) is 48.7 Å². The molecule has 2 unspecified atom stereocenters. The van der Waals surface area contributed by atoms with Gasteiger partial charge < -0.3 is 15.1 Å². The molecule has 1 fully saturated rings. The smallest absolute Gasteiger partial charge is 0.193 e. The van der Waals surface area contributed by atoms with Crippen molar-refractivity contribution in [2.24, 2.45) is 23.9 Å². The highest BCUT2D eigenvalue weighted by atomic mass is 127. The molecule has 2 rings (SSSR count). The van der Waals surface area contributed by atoms with Crippen molar-refractivity contribution in [1.82, 2.24) is 24.9 Å². The Morgan fingerprint density at radius 3 is 2.69 bits per heavy atom. The van der Waals surface area contributed by atoms with Crippen LogP contribution in [0.1, 0.15) is 45.2 Å².